The molecule has 3 rings (SSSR count). The normalized spacial score (nSPS) is 10.3. The highest BCUT2D eigenvalue weighted by molar-refractivity contribution is 5.74. The van der Waals surface area contributed by atoms with E-state index in [9.17, 15) is 4.79 Å². The monoisotopic (exact) mass is 341 g/mol. The second kappa shape index (κ2) is 8.64. The molecule has 3 aromatic carbocycles. The van der Waals surface area contributed by atoms with Crippen molar-refractivity contribution in [2.45, 2.75) is 18.8 Å². The van der Waals surface area contributed by atoms with Crippen molar-refractivity contribution < 1.29 is 9.53 Å². The van der Waals surface area contributed by atoms with Crippen LogP contribution >= 0.6 is 0 Å². The quantitative estimate of drug-likeness (QED) is 0.474. The zero-order chi connectivity index (χ0) is 18.2. The van der Waals surface area contributed by atoms with Gasteiger partial charge in [-0.3, -0.25) is 4.79 Å². The third kappa shape index (κ3) is 4.58. The molecular weight excluding hydrogens is 322 g/mol. The number of hydrogen-bond donors (Lipinski definition) is 0. The molecule has 0 amide bonds. The van der Waals surface area contributed by atoms with Gasteiger partial charge in [-0.05, 0) is 28.8 Å². The highest BCUT2D eigenvalue weighted by atomic mass is 16.5. The summed E-state index contributed by atoms with van der Waals surface area (Å²) in [7, 11) is 0. The minimum absolute atomic E-state index is 0.0530. The zero-order valence-corrected chi connectivity index (χ0v) is 14.3. The highest BCUT2D eigenvalue weighted by Crippen LogP contribution is 2.28. The summed E-state index contributed by atoms with van der Waals surface area (Å²) in [5.74, 6) is 0.162. The van der Waals surface area contributed by atoms with Gasteiger partial charge in [-0.1, -0.05) is 72.8 Å². The topological polar surface area (TPSA) is 50.1 Å². The average molecular weight is 341 g/mol. The molecule has 0 spiro atoms. The Morgan fingerprint density at radius 3 is 1.88 bits per heavy atom. The second-order valence-electron chi connectivity index (χ2n) is 6.03. The number of rotatable bonds is 6. The molecule has 3 nitrogen and oxygen atoms in total. The maximum Gasteiger partial charge on any atom is 0.312 e. The van der Waals surface area contributed by atoms with Crippen molar-refractivity contribution in [1.82, 2.24) is 0 Å². The molecule has 3 heteroatoms. The van der Waals surface area contributed by atoms with Crippen LogP contribution in [0.5, 0.6) is 5.75 Å². The number of carbonyl (C=O) groups excluding carboxylic acids is 1. The van der Waals surface area contributed by atoms with Gasteiger partial charge >= 0.3 is 5.97 Å². The first-order valence-corrected chi connectivity index (χ1v) is 8.52. The minimum Gasteiger partial charge on any atom is -0.427 e. The minimum atomic E-state index is -0.282. The molecule has 0 unspecified atom stereocenters. The van der Waals surface area contributed by atoms with E-state index in [1.165, 1.54) is 0 Å². The van der Waals surface area contributed by atoms with Crippen molar-refractivity contribution in [3.05, 3.63) is 102 Å². The molecule has 0 heterocycles. The number of nitriles is 1. The summed E-state index contributed by atoms with van der Waals surface area (Å²) in [4.78, 5) is 12.5. The molecular formula is C23H19NO2. The van der Waals surface area contributed by atoms with Crippen LogP contribution in [0.2, 0.25) is 0 Å². The Morgan fingerprint density at radius 1 is 0.846 bits per heavy atom. The van der Waals surface area contributed by atoms with Gasteiger partial charge in [-0.15, -0.1) is 0 Å². The molecule has 0 fully saturated rings. The van der Waals surface area contributed by atoms with Gasteiger partial charge in [0.1, 0.15) is 5.75 Å². The maximum absolute atomic E-state index is 12.5. The molecule has 0 saturated heterocycles. The van der Waals surface area contributed by atoms with Crippen LogP contribution < -0.4 is 4.74 Å². The fourth-order valence-electron chi connectivity index (χ4n) is 2.91. The van der Waals surface area contributed by atoms with E-state index in [-0.39, 0.29) is 18.3 Å². The van der Waals surface area contributed by atoms with Gasteiger partial charge in [0.15, 0.2) is 0 Å². The van der Waals surface area contributed by atoms with E-state index in [0.29, 0.717) is 12.2 Å². The molecule has 26 heavy (non-hydrogen) atoms. The number of ether oxygens (including phenoxy) is 1. The van der Waals surface area contributed by atoms with Crippen molar-refractivity contribution in [3.63, 3.8) is 0 Å². The average Bonchev–Trinajstić information content (AvgIpc) is 2.69. The molecule has 0 aliphatic rings. The Morgan fingerprint density at radius 2 is 1.38 bits per heavy atom. The number of benzene rings is 3. The Labute approximate surface area is 153 Å². The Bertz CT molecular complexity index is 842. The molecule has 0 bridgehead atoms. The van der Waals surface area contributed by atoms with Crippen LogP contribution in [0.3, 0.4) is 0 Å². The predicted molar refractivity (Wildman–Crippen MR) is 101 cm³/mol. The maximum atomic E-state index is 12.5. The number of carbonyl (C=O) groups is 1. The zero-order valence-electron chi connectivity index (χ0n) is 14.3. The number of esters is 1. The van der Waals surface area contributed by atoms with Gasteiger partial charge < -0.3 is 4.74 Å². The van der Waals surface area contributed by atoms with Crippen LogP contribution in [-0.2, 0) is 11.2 Å². The van der Waals surface area contributed by atoms with E-state index in [1.54, 1.807) is 24.3 Å². The Kier molecular flexibility index (Phi) is 5.80. The van der Waals surface area contributed by atoms with E-state index in [4.69, 9.17) is 10.00 Å². The third-order valence-corrected chi connectivity index (χ3v) is 4.21. The summed E-state index contributed by atoms with van der Waals surface area (Å²) < 4.78 is 5.50. The van der Waals surface area contributed by atoms with Crippen LogP contribution in [-0.4, -0.2) is 5.97 Å². The van der Waals surface area contributed by atoms with Gasteiger partial charge in [-0.25, -0.2) is 0 Å². The van der Waals surface area contributed by atoms with Crippen LogP contribution in [0.25, 0.3) is 0 Å². The summed E-state index contributed by atoms with van der Waals surface area (Å²) in [5.41, 5.74) is 3.07. The first-order chi connectivity index (χ1) is 12.8. The van der Waals surface area contributed by atoms with Crippen LogP contribution in [0, 0.1) is 11.3 Å². The molecule has 3 aromatic rings. The number of hydrogen-bond acceptors (Lipinski definition) is 3. The van der Waals surface area contributed by atoms with Gasteiger partial charge in [0, 0.05) is 5.92 Å². The molecule has 128 valence electrons. The first-order valence-electron chi connectivity index (χ1n) is 8.52. The molecule has 0 aliphatic heterocycles. The lowest BCUT2D eigenvalue weighted by Gasteiger charge is -2.17. The SMILES string of the molecule is N#CCc1ccc(OC(=O)CC(c2ccccc2)c2ccccc2)cc1. The van der Waals surface area contributed by atoms with E-state index < -0.39 is 0 Å². The Hall–Kier alpha value is -3.38. The van der Waals surface area contributed by atoms with Crippen molar-refractivity contribution in [2.75, 3.05) is 0 Å². The smallest absolute Gasteiger partial charge is 0.312 e. The summed E-state index contributed by atoms with van der Waals surface area (Å²) >= 11 is 0. The summed E-state index contributed by atoms with van der Waals surface area (Å²) in [5, 5.41) is 8.71. The lowest BCUT2D eigenvalue weighted by Crippen LogP contribution is -2.14. The van der Waals surface area contributed by atoms with E-state index in [1.807, 2.05) is 60.7 Å². The van der Waals surface area contributed by atoms with Crippen molar-refractivity contribution in [3.8, 4) is 11.8 Å². The van der Waals surface area contributed by atoms with Gasteiger partial charge in [0.05, 0.1) is 18.9 Å². The summed E-state index contributed by atoms with van der Waals surface area (Å²) in [6.45, 7) is 0. The largest absolute Gasteiger partial charge is 0.427 e. The molecule has 0 aromatic heterocycles. The van der Waals surface area contributed by atoms with Crippen molar-refractivity contribution >= 4 is 5.97 Å². The van der Waals surface area contributed by atoms with E-state index in [2.05, 4.69) is 6.07 Å². The van der Waals surface area contributed by atoms with E-state index in [0.717, 1.165) is 16.7 Å². The predicted octanol–water partition coefficient (Wildman–Crippen LogP) is 4.88. The number of nitrogens with zero attached hydrogens (tertiary/aromatic N) is 1. The fourth-order valence-corrected chi connectivity index (χ4v) is 2.91. The Balaban J connectivity index is 1.74. The van der Waals surface area contributed by atoms with Crippen LogP contribution in [0.1, 0.15) is 29.0 Å². The lowest BCUT2D eigenvalue weighted by atomic mass is 9.88. The summed E-state index contributed by atoms with van der Waals surface area (Å²) in [6, 6.07) is 29.1. The first kappa shape index (κ1) is 17.4. The highest BCUT2D eigenvalue weighted by Gasteiger charge is 2.19. The van der Waals surface area contributed by atoms with Gasteiger partial charge in [0.25, 0.3) is 0 Å². The molecule has 0 N–H and O–H groups in total. The molecule has 0 radical (unpaired) electrons. The standard InChI is InChI=1S/C23H19NO2/c24-16-15-18-11-13-21(14-12-18)26-23(25)17-22(19-7-3-1-4-8-19)20-9-5-2-6-10-20/h1-14,22H,15,17H2. The van der Waals surface area contributed by atoms with Crippen LogP contribution in [0.15, 0.2) is 84.9 Å². The second-order valence-corrected chi connectivity index (χ2v) is 6.03. The lowest BCUT2D eigenvalue weighted by molar-refractivity contribution is -0.134. The molecule has 0 aliphatic carbocycles. The van der Waals surface area contributed by atoms with Crippen LogP contribution in [0.4, 0.5) is 0 Å². The van der Waals surface area contributed by atoms with Crippen molar-refractivity contribution in [2.24, 2.45) is 0 Å². The van der Waals surface area contributed by atoms with Crippen molar-refractivity contribution in [1.29, 1.82) is 5.26 Å². The van der Waals surface area contributed by atoms with E-state index >= 15 is 0 Å². The van der Waals surface area contributed by atoms with Gasteiger partial charge in [-0.2, -0.15) is 5.26 Å². The fraction of sp³-hybridized carbons (Fsp3) is 0.130. The summed E-state index contributed by atoms with van der Waals surface area (Å²) in [6.07, 6.45) is 0.603. The molecule has 0 saturated carbocycles. The third-order valence-electron chi connectivity index (χ3n) is 4.21. The van der Waals surface area contributed by atoms with Gasteiger partial charge in [0.2, 0.25) is 0 Å². The molecule has 0 atom stereocenters.